The topological polar surface area (TPSA) is 26.3 Å². The van der Waals surface area contributed by atoms with Crippen molar-refractivity contribution in [3.8, 4) is 0 Å². The molecule has 0 aliphatic rings. The minimum absolute atomic E-state index is 0.270. The van der Waals surface area contributed by atoms with Crippen LogP contribution in [0.1, 0.15) is 32.3 Å². The number of unbranched alkanes of at least 4 members (excludes halogenated alkanes) is 1. The summed E-state index contributed by atoms with van der Waals surface area (Å²) in [7, 11) is 0. The van der Waals surface area contributed by atoms with Crippen molar-refractivity contribution >= 4 is 5.97 Å². The number of benzene rings is 1. The molecule has 96 valence electrons. The van der Waals surface area contributed by atoms with Gasteiger partial charge in [-0.25, -0.2) is 4.79 Å². The van der Waals surface area contributed by atoms with E-state index in [-0.39, 0.29) is 5.97 Å². The normalized spacial score (nSPS) is 9.44. The fourth-order valence-electron chi connectivity index (χ4n) is 1.54. The van der Waals surface area contributed by atoms with Gasteiger partial charge in [-0.15, -0.1) is 5.73 Å². The van der Waals surface area contributed by atoms with Gasteiger partial charge in [-0.05, 0) is 25.0 Å². The van der Waals surface area contributed by atoms with E-state index in [1.54, 1.807) is 0 Å². The maximum Gasteiger partial charge on any atom is 0.342 e. The van der Waals surface area contributed by atoms with Gasteiger partial charge in [0.05, 0.1) is 12.2 Å². The molecule has 0 saturated carbocycles. The Kier molecular flexibility index (Phi) is 6.60. The molecule has 0 aliphatic heterocycles. The zero-order valence-electron chi connectivity index (χ0n) is 11.1. The highest BCUT2D eigenvalue weighted by Crippen LogP contribution is 2.09. The van der Waals surface area contributed by atoms with Gasteiger partial charge < -0.3 is 4.74 Å². The van der Waals surface area contributed by atoms with Gasteiger partial charge in [-0.2, -0.15) is 0 Å². The summed E-state index contributed by atoms with van der Waals surface area (Å²) in [6.07, 6.45) is 4.46. The maximum absolute atomic E-state index is 11.8. The van der Waals surface area contributed by atoms with E-state index in [0.29, 0.717) is 18.6 Å². The van der Waals surface area contributed by atoms with Crippen LogP contribution in [0.15, 0.2) is 47.7 Å². The Morgan fingerprint density at radius 3 is 2.61 bits per heavy atom. The third-order valence-electron chi connectivity index (χ3n) is 2.45. The van der Waals surface area contributed by atoms with Crippen LogP contribution in [0, 0.1) is 0 Å². The summed E-state index contributed by atoms with van der Waals surface area (Å²) >= 11 is 0. The predicted octanol–water partition coefficient (Wildman–Crippen LogP) is 3.67. The summed E-state index contributed by atoms with van der Waals surface area (Å²) in [4.78, 5) is 11.8. The number of hydrogen-bond donors (Lipinski definition) is 0. The number of esters is 1. The van der Waals surface area contributed by atoms with Crippen molar-refractivity contribution in [3.05, 3.63) is 53.3 Å². The van der Waals surface area contributed by atoms with Gasteiger partial charge in [0.2, 0.25) is 0 Å². The minimum Gasteiger partial charge on any atom is -0.462 e. The Balaban J connectivity index is 2.84. The lowest BCUT2D eigenvalue weighted by Crippen LogP contribution is -2.09. The molecule has 0 aliphatic carbocycles. The number of rotatable bonds is 6. The molecule has 2 heteroatoms. The molecule has 0 aromatic heterocycles. The van der Waals surface area contributed by atoms with E-state index in [0.717, 1.165) is 18.4 Å². The van der Waals surface area contributed by atoms with Crippen molar-refractivity contribution in [2.24, 2.45) is 0 Å². The second kappa shape index (κ2) is 8.32. The van der Waals surface area contributed by atoms with E-state index in [4.69, 9.17) is 4.74 Å². The van der Waals surface area contributed by atoms with Gasteiger partial charge in [0.1, 0.15) is 0 Å². The van der Waals surface area contributed by atoms with Crippen LogP contribution in [0.25, 0.3) is 0 Å². The number of carbonyl (C=O) groups is 1. The monoisotopic (exact) mass is 244 g/mol. The van der Waals surface area contributed by atoms with Crippen LogP contribution in [0.3, 0.4) is 0 Å². The average molecular weight is 244 g/mol. The summed E-state index contributed by atoms with van der Waals surface area (Å²) in [5.74, 6) is -0.270. The highest BCUT2D eigenvalue weighted by molar-refractivity contribution is 5.88. The first-order valence-electron chi connectivity index (χ1n) is 6.43. The largest absolute Gasteiger partial charge is 0.462 e. The van der Waals surface area contributed by atoms with Crippen LogP contribution in [0.4, 0.5) is 0 Å². The maximum atomic E-state index is 11.8. The summed E-state index contributed by atoms with van der Waals surface area (Å²) in [5, 5.41) is 0. The van der Waals surface area contributed by atoms with Crippen LogP contribution >= 0.6 is 0 Å². The van der Waals surface area contributed by atoms with Crippen LogP contribution in [0.5, 0.6) is 0 Å². The third kappa shape index (κ3) is 5.03. The van der Waals surface area contributed by atoms with Crippen LogP contribution in [-0.2, 0) is 16.0 Å². The zero-order chi connectivity index (χ0) is 13.2. The van der Waals surface area contributed by atoms with E-state index in [1.165, 1.54) is 0 Å². The molecular formula is C16H20O2. The Labute approximate surface area is 109 Å². The molecule has 2 nitrogen and oxygen atoms in total. The van der Waals surface area contributed by atoms with Gasteiger partial charge in [0.15, 0.2) is 0 Å². The molecule has 0 saturated heterocycles. The second-order valence-electron chi connectivity index (χ2n) is 4.00. The van der Waals surface area contributed by atoms with Gasteiger partial charge >= 0.3 is 5.97 Å². The SMILES string of the molecule is CCCC=C=C(Cc1ccccc1)C(=O)OCC. The molecule has 1 rings (SSSR count). The van der Waals surface area contributed by atoms with E-state index < -0.39 is 0 Å². The molecule has 18 heavy (non-hydrogen) atoms. The van der Waals surface area contributed by atoms with Crippen molar-refractivity contribution in [2.45, 2.75) is 33.1 Å². The first kappa shape index (κ1) is 14.3. The summed E-state index contributed by atoms with van der Waals surface area (Å²) < 4.78 is 5.05. The van der Waals surface area contributed by atoms with Gasteiger partial charge in [0.25, 0.3) is 0 Å². The lowest BCUT2D eigenvalue weighted by molar-refractivity contribution is -0.138. The van der Waals surface area contributed by atoms with Gasteiger partial charge in [-0.3, -0.25) is 0 Å². The highest BCUT2D eigenvalue weighted by atomic mass is 16.5. The minimum atomic E-state index is -0.270. The molecule has 0 unspecified atom stereocenters. The third-order valence-corrected chi connectivity index (χ3v) is 2.45. The average Bonchev–Trinajstić information content (AvgIpc) is 2.39. The van der Waals surface area contributed by atoms with Gasteiger partial charge in [-0.1, -0.05) is 43.7 Å². The highest BCUT2D eigenvalue weighted by Gasteiger charge is 2.10. The molecule has 0 amide bonds. The number of carbonyl (C=O) groups excluding carboxylic acids is 1. The van der Waals surface area contributed by atoms with E-state index >= 15 is 0 Å². The first-order chi connectivity index (χ1) is 8.77. The predicted molar refractivity (Wildman–Crippen MR) is 73.3 cm³/mol. The molecule has 0 bridgehead atoms. The van der Waals surface area contributed by atoms with Crippen molar-refractivity contribution in [1.29, 1.82) is 0 Å². The van der Waals surface area contributed by atoms with E-state index in [1.807, 2.05) is 43.3 Å². The molecular weight excluding hydrogens is 224 g/mol. The van der Waals surface area contributed by atoms with E-state index in [2.05, 4.69) is 12.7 Å². The van der Waals surface area contributed by atoms with Crippen molar-refractivity contribution in [1.82, 2.24) is 0 Å². The Morgan fingerprint density at radius 1 is 1.28 bits per heavy atom. The summed E-state index contributed by atoms with van der Waals surface area (Å²) in [5.41, 5.74) is 4.76. The van der Waals surface area contributed by atoms with E-state index in [9.17, 15) is 4.79 Å². The molecule has 0 radical (unpaired) electrons. The Morgan fingerprint density at radius 2 is 2.00 bits per heavy atom. The lowest BCUT2D eigenvalue weighted by Gasteiger charge is -2.04. The summed E-state index contributed by atoms with van der Waals surface area (Å²) in [6.45, 7) is 4.31. The Bertz CT molecular complexity index is 426. The van der Waals surface area contributed by atoms with Crippen molar-refractivity contribution in [2.75, 3.05) is 6.61 Å². The molecule has 1 aromatic carbocycles. The molecule has 0 atom stereocenters. The van der Waals surface area contributed by atoms with Crippen molar-refractivity contribution < 1.29 is 9.53 Å². The Hall–Kier alpha value is -1.79. The fraction of sp³-hybridized carbons (Fsp3) is 0.375. The standard InChI is InChI=1S/C16H20O2/c1-3-5-7-12-15(16(17)18-4-2)13-14-10-8-6-9-11-14/h6-11H,3-5,13H2,1-2H3. The van der Waals surface area contributed by atoms with Crippen molar-refractivity contribution in [3.63, 3.8) is 0 Å². The number of ether oxygens (including phenoxy) is 1. The second-order valence-corrected chi connectivity index (χ2v) is 4.00. The zero-order valence-corrected chi connectivity index (χ0v) is 11.1. The molecule has 0 heterocycles. The number of hydrogen-bond acceptors (Lipinski definition) is 2. The van der Waals surface area contributed by atoms with Crippen LogP contribution in [0.2, 0.25) is 0 Å². The summed E-state index contributed by atoms with van der Waals surface area (Å²) in [6, 6.07) is 9.90. The van der Waals surface area contributed by atoms with Gasteiger partial charge in [0, 0.05) is 6.42 Å². The van der Waals surface area contributed by atoms with Crippen LogP contribution in [-0.4, -0.2) is 12.6 Å². The lowest BCUT2D eigenvalue weighted by atomic mass is 10.1. The first-order valence-corrected chi connectivity index (χ1v) is 6.43. The quantitative estimate of drug-likeness (QED) is 0.433. The smallest absolute Gasteiger partial charge is 0.342 e. The van der Waals surface area contributed by atoms with Crippen LogP contribution < -0.4 is 0 Å². The molecule has 1 aromatic rings. The molecule has 0 N–H and O–H groups in total. The molecule has 0 fully saturated rings. The fourth-order valence-corrected chi connectivity index (χ4v) is 1.54. The molecule has 0 spiro atoms.